The van der Waals surface area contributed by atoms with Crippen LogP contribution in [0.4, 0.5) is 0 Å². The topological polar surface area (TPSA) is 55.1 Å². The summed E-state index contributed by atoms with van der Waals surface area (Å²) in [4.78, 5) is 12.6. The summed E-state index contributed by atoms with van der Waals surface area (Å²) in [5.74, 6) is 1.53. The number of hydrogen-bond acceptors (Lipinski definition) is 2. The van der Waals surface area contributed by atoms with E-state index in [2.05, 4.69) is 47.8 Å². The second-order valence-corrected chi connectivity index (χ2v) is 7.92. The van der Waals surface area contributed by atoms with Crippen LogP contribution in [0, 0.1) is 17.8 Å². The summed E-state index contributed by atoms with van der Waals surface area (Å²) in [5, 5.41) is 5.70. The number of hydrogen-bond donors (Lipinski definition) is 2. The molecule has 2 bridgehead atoms. The van der Waals surface area contributed by atoms with Crippen molar-refractivity contribution in [2.75, 3.05) is 6.54 Å². The fourth-order valence-corrected chi connectivity index (χ4v) is 4.87. The molecule has 3 nitrogen and oxygen atoms in total. The summed E-state index contributed by atoms with van der Waals surface area (Å²) in [7, 11) is 0. The van der Waals surface area contributed by atoms with Gasteiger partial charge in [-0.3, -0.25) is 4.79 Å². The van der Waals surface area contributed by atoms with Crippen molar-refractivity contribution in [3.05, 3.63) is 48.0 Å². The van der Waals surface area contributed by atoms with Crippen LogP contribution in [-0.2, 0) is 11.2 Å². The number of amides is 1. The average Bonchev–Trinajstić information content (AvgIpc) is 2.61. The van der Waals surface area contributed by atoms with Crippen molar-refractivity contribution in [3.63, 3.8) is 0 Å². The van der Waals surface area contributed by atoms with Crippen LogP contribution in [-0.4, -0.2) is 18.5 Å². The Kier molecular flexibility index (Phi) is 4.76. The highest BCUT2D eigenvalue weighted by Gasteiger charge is 2.40. The van der Waals surface area contributed by atoms with Gasteiger partial charge in [-0.2, -0.15) is 0 Å². The van der Waals surface area contributed by atoms with Gasteiger partial charge in [0.05, 0.1) is 0 Å². The maximum absolute atomic E-state index is 12.6. The van der Waals surface area contributed by atoms with Gasteiger partial charge in [0.15, 0.2) is 0 Å². The second kappa shape index (κ2) is 7.17. The SMILES string of the molecule is NC1C2CCCC1CC(C(=O)NCCc1ccc3ccccc3c1)C2. The summed E-state index contributed by atoms with van der Waals surface area (Å²) >= 11 is 0. The fourth-order valence-electron chi connectivity index (χ4n) is 4.87. The zero-order valence-electron chi connectivity index (χ0n) is 14.8. The molecule has 0 aliphatic heterocycles. The van der Waals surface area contributed by atoms with E-state index in [-0.39, 0.29) is 11.8 Å². The molecule has 25 heavy (non-hydrogen) atoms. The van der Waals surface area contributed by atoms with Gasteiger partial charge >= 0.3 is 0 Å². The Labute approximate surface area is 150 Å². The Hall–Kier alpha value is -1.87. The van der Waals surface area contributed by atoms with Gasteiger partial charge in [-0.15, -0.1) is 0 Å². The Morgan fingerprint density at radius 1 is 1.04 bits per heavy atom. The predicted molar refractivity (Wildman–Crippen MR) is 102 cm³/mol. The van der Waals surface area contributed by atoms with Gasteiger partial charge < -0.3 is 11.1 Å². The quantitative estimate of drug-likeness (QED) is 0.895. The van der Waals surface area contributed by atoms with Gasteiger partial charge in [-0.1, -0.05) is 48.9 Å². The third kappa shape index (κ3) is 3.57. The zero-order chi connectivity index (χ0) is 17.2. The normalized spacial score (nSPS) is 28.7. The molecule has 3 heteroatoms. The first-order valence-electron chi connectivity index (χ1n) is 9.71. The third-order valence-electron chi connectivity index (χ3n) is 6.31. The summed E-state index contributed by atoms with van der Waals surface area (Å²) in [6.07, 6.45) is 6.56. The smallest absolute Gasteiger partial charge is 0.223 e. The molecule has 2 aliphatic rings. The first kappa shape index (κ1) is 16.6. The molecule has 2 aromatic rings. The van der Waals surface area contributed by atoms with Crippen LogP contribution in [0.2, 0.25) is 0 Å². The third-order valence-corrected chi connectivity index (χ3v) is 6.31. The largest absolute Gasteiger partial charge is 0.356 e. The summed E-state index contributed by atoms with van der Waals surface area (Å²) in [6.45, 7) is 0.717. The van der Waals surface area contributed by atoms with Crippen molar-refractivity contribution >= 4 is 16.7 Å². The van der Waals surface area contributed by atoms with E-state index in [1.54, 1.807) is 0 Å². The van der Waals surface area contributed by atoms with Crippen LogP contribution in [0.5, 0.6) is 0 Å². The number of rotatable bonds is 4. The van der Waals surface area contributed by atoms with Crippen LogP contribution in [0.1, 0.15) is 37.7 Å². The van der Waals surface area contributed by atoms with Gasteiger partial charge in [0.2, 0.25) is 5.91 Å². The highest BCUT2D eigenvalue weighted by atomic mass is 16.1. The van der Waals surface area contributed by atoms with E-state index in [0.717, 1.165) is 25.8 Å². The molecule has 2 aromatic carbocycles. The number of nitrogens with one attached hydrogen (secondary N) is 1. The minimum atomic E-state index is 0.173. The molecule has 1 amide bonds. The van der Waals surface area contributed by atoms with Gasteiger partial charge in [0.25, 0.3) is 0 Å². The van der Waals surface area contributed by atoms with Crippen molar-refractivity contribution in [2.24, 2.45) is 23.5 Å². The maximum atomic E-state index is 12.6. The molecule has 2 aliphatic carbocycles. The van der Waals surface area contributed by atoms with Gasteiger partial charge in [-0.05, 0) is 60.3 Å². The molecule has 3 N–H and O–H groups in total. The molecular weight excluding hydrogens is 308 g/mol. The fraction of sp³-hybridized carbons (Fsp3) is 0.500. The molecule has 4 rings (SSSR count). The van der Waals surface area contributed by atoms with E-state index < -0.39 is 0 Å². The van der Waals surface area contributed by atoms with E-state index in [4.69, 9.17) is 5.73 Å². The highest BCUT2D eigenvalue weighted by Crippen LogP contribution is 2.41. The zero-order valence-corrected chi connectivity index (χ0v) is 14.8. The molecule has 0 radical (unpaired) electrons. The molecule has 132 valence electrons. The van der Waals surface area contributed by atoms with Gasteiger partial charge in [0.1, 0.15) is 0 Å². The van der Waals surface area contributed by atoms with Crippen molar-refractivity contribution in [3.8, 4) is 0 Å². The molecule has 2 atom stereocenters. The molecule has 0 aromatic heterocycles. The summed E-state index contributed by atoms with van der Waals surface area (Å²) in [5.41, 5.74) is 7.62. The molecule has 2 saturated carbocycles. The number of nitrogens with two attached hydrogens (primary N) is 1. The number of benzene rings is 2. The van der Waals surface area contributed by atoms with Gasteiger partial charge in [-0.25, -0.2) is 0 Å². The van der Waals surface area contributed by atoms with E-state index in [0.29, 0.717) is 17.9 Å². The van der Waals surface area contributed by atoms with Crippen molar-refractivity contribution in [2.45, 2.75) is 44.6 Å². The lowest BCUT2D eigenvalue weighted by Gasteiger charge is -2.43. The number of fused-ring (bicyclic) bond motifs is 3. The predicted octanol–water partition coefficient (Wildman–Crippen LogP) is 3.65. The van der Waals surface area contributed by atoms with E-state index in [9.17, 15) is 4.79 Å². The van der Waals surface area contributed by atoms with Crippen LogP contribution < -0.4 is 11.1 Å². The maximum Gasteiger partial charge on any atom is 0.223 e. The van der Waals surface area contributed by atoms with E-state index in [1.165, 1.54) is 35.6 Å². The lowest BCUT2D eigenvalue weighted by molar-refractivity contribution is -0.127. The minimum Gasteiger partial charge on any atom is -0.356 e. The summed E-state index contributed by atoms with van der Waals surface area (Å²) in [6, 6.07) is 15.3. The average molecular weight is 336 g/mol. The number of carbonyl (C=O) groups is 1. The van der Waals surface area contributed by atoms with Gasteiger partial charge in [0, 0.05) is 18.5 Å². The van der Waals surface area contributed by atoms with Crippen LogP contribution in [0.15, 0.2) is 42.5 Å². The van der Waals surface area contributed by atoms with Crippen LogP contribution >= 0.6 is 0 Å². The van der Waals surface area contributed by atoms with Crippen molar-refractivity contribution in [1.29, 1.82) is 0 Å². The van der Waals surface area contributed by atoms with E-state index >= 15 is 0 Å². The minimum absolute atomic E-state index is 0.173. The molecule has 2 unspecified atom stereocenters. The molecule has 0 saturated heterocycles. The molecule has 0 spiro atoms. The Morgan fingerprint density at radius 2 is 1.76 bits per heavy atom. The first-order valence-corrected chi connectivity index (χ1v) is 9.71. The number of carbonyl (C=O) groups excluding carboxylic acids is 1. The molecule has 2 fully saturated rings. The van der Waals surface area contributed by atoms with E-state index in [1.807, 2.05) is 0 Å². The Bertz CT molecular complexity index is 743. The highest BCUT2D eigenvalue weighted by molar-refractivity contribution is 5.83. The second-order valence-electron chi connectivity index (χ2n) is 7.92. The first-order chi connectivity index (χ1) is 12.2. The van der Waals surface area contributed by atoms with Crippen molar-refractivity contribution < 1.29 is 4.79 Å². The standard InChI is InChI=1S/C22H28N2O/c23-21-18-6-3-7-19(21)14-20(13-18)22(25)24-11-10-15-8-9-16-4-1-2-5-17(16)12-15/h1-2,4-5,8-9,12,18-21H,3,6-7,10-11,13-14,23H2,(H,24,25). The Morgan fingerprint density at radius 3 is 2.52 bits per heavy atom. The molecular formula is C22H28N2O. The lowest BCUT2D eigenvalue weighted by Crippen LogP contribution is -2.49. The van der Waals surface area contributed by atoms with Crippen LogP contribution in [0.3, 0.4) is 0 Å². The Balaban J connectivity index is 1.31. The molecule has 0 heterocycles. The monoisotopic (exact) mass is 336 g/mol. The lowest BCUT2D eigenvalue weighted by atomic mass is 9.65. The van der Waals surface area contributed by atoms with Crippen LogP contribution in [0.25, 0.3) is 10.8 Å². The summed E-state index contributed by atoms with van der Waals surface area (Å²) < 4.78 is 0. The van der Waals surface area contributed by atoms with Crippen molar-refractivity contribution in [1.82, 2.24) is 5.32 Å².